The Morgan fingerprint density at radius 2 is 1.95 bits per heavy atom. The van der Waals surface area contributed by atoms with Crippen LogP contribution >= 0.6 is 11.3 Å². The SMILES string of the molecule is CCNc1nc(NC(C)C(C)C)c2cc(CC)sc2n1. The highest BCUT2D eigenvalue weighted by Crippen LogP contribution is 2.31. The summed E-state index contributed by atoms with van der Waals surface area (Å²) in [6.07, 6.45) is 1.04. The third kappa shape index (κ3) is 3.20. The molecule has 0 aliphatic carbocycles. The second-order valence-corrected chi connectivity index (χ2v) is 6.50. The molecule has 0 saturated heterocycles. The van der Waals surface area contributed by atoms with Crippen LogP contribution in [0.25, 0.3) is 10.2 Å². The smallest absolute Gasteiger partial charge is 0.226 e. The maximum absolute atomic E-state index is 4.63. The summed E-state index contributed by atoms with van der Waals surface area (Å²) < 4.78 is 0. The Morgan fingerprint density at radius 1 is 1.20 bits per heavy atom. The molecule has 0 bridgehead atoms. The third-order valence-corrected chi connectivity index (χ3v) is 4.66. The van der Waals surface area contributed by atoms with Gasteiger partial charge in [-0.1, -0.05) is 20.8 Å². The van der Waals surface area contributed by atoms with Crippen LogP contribution in [0.3, 0.4) is 0 Å². The van der Waals surface area contributed by atoms with Crippen LogP contribution in [-0.4, -0.2) is 22.6 Å². The lowest BCUT2D eigenvalue weighted by Gasteiger charge is -2.19. The Morgan fingerprint density at radius 3 is 2.55 bits per heavy atom. The van der Waals surface area contributed by atoms with Crippen LogP contribution in [0.15, 0.2) is 6.07 Å². The van der Waals surface area contributed by atoms with E-state index in [1.54, 1.807) is 11.3 Å². The summed E-state index contributed by atoms with van der Waals surface area (Å²) in [7, 11) is 0. The minimum Gasteiger partial charge on any atom is -0.367 e. The van der Waals surface area contributed by atoms with E-state index in [0.717, 1.165) is 29.0 Å². The fourth-order valence-corrected chi connectivity index (χ4v) is 2.84. The van der Waals surface area contributed by atoms with E-state index in [2.05, 4.69) is 61.3 Å². The van der Waals surface area contributed by atoms with E-state index in [9.17, 15) is 0 Å². The molecule has 0 saturated carbocycles. The van der Waals surface area contributed by atoms with Crippen molar-refractivity contribution in [1.29, 1.82) is 0 Å². The number of anilines is 2. The topological polar surface area (TPSA) is 49.8 Å². The summed E-state index contributed by atoms with van der Waals surface area (Å²) in [5.74, 6) is 2.22. The molecule has 0 amide bonds. The highest BCUT2D eigenvalue weighted by molar-refractivity contribution is 7.18. The predicted octanol–water partition coefficient (Wildman–Crippen LogP) is 4.14. The predicted molar refractivity (Wildman–Crippen MR) is 88.9 cm³/mol. The lowest BCUT2D eigenvalue weighted by molar-refractivity contribution is 0.559. The molecule has 2 heterocycles. The van der Waals surface area contributed by atoms with E-state index < -0.39 is 0 Å². The summed E-state index contributed by atoms with van der Waals surface area (Å²) in [6, 6.07) is 2.60. The standard InChI is InChI=1S/C15H24N4S/c1-6-11-8-12-13(17-10(5)9(3)4)18-15(16-7-2)19-14(12)20-11/h8-10H,6-7H2,1-5H3,(H2,16,17,18,19). The van der Waals surface area contributed by atoms with Crippen molar-refractivity contribution in [3.05, 3.63) is 10.9 Å². The van der Waals surface area contributed by atoms with Gasteiger partial charge < -0.3 is 10.6 Å². The second-order valence-electron chi connectivity index (χ2n) is 5.39. The van der Waals surface area contributed by atoms with Crippen molar-refractivity contribution in [1.82, 2.24) is 9.97 Å². The van der Waals surface area contributed by atoms with Crippen molar-refractivity contribution >= 4 is 33.3 Å². The molecule has 0 aliphatic rings. The first-order valence-electron chi connectivity index (χ1n) is 7.36. The van der Waals surface area contributed by atoms with E-state index >= 15 is 0 Å². The fraction of sp³-hybridized carbons (Fsp3) is 0.600. The largest absolute Gasteiger partial charge is 0.367 e. The Hall–Kier alpha value is -1.36. The van der Waals surface area contributed by atoms with Gasteiger partial charge in [0, 0.05) is 17.5 Å². The number of hydrogen-bond acceptors (Lipinski definition) is 5. The van der Waals surface area contributed by atoms with Crippen molar-refractivity contribution in [3.63, 3.8) is 0 Å². The van der Waals surface area contributed by atoms with Gasteiger partial charge in [-0.05, 0) is 32.3 Å². The highest BCUT2D eigenvalue weighted by atomic mass is 32.1. The molecule has 110 valence electrons. The zero-order valence-corrected chi connectivity index (χ0v) is 13.8. The molecular weight excluding hydrogens is 268 g/mol. The Kier molecular flexibility index (Phi) is 4.81. The van der Waals surface area contributed by atoms with Crippen LogP contribution < -0.4 is 10.6 Å². The van der Waals surface area contributed by atoms with Crippen LogP contribution in [0.4, 0.5) is 11.8 Å². The number of nitrogens with zero attached hydrogens (tertiary/aromatic N) is 2. The monoisotopic (exact) mass is 292 g/mol. The van der Waals surface area contributed by atoms with Gasteiger partial charge in [0.15, 0.2) is 0 Å². The van der Waals surface area contributed by atoms with Crippen LogP contribution in [0.1, 0.15) is 39.5 Å². The van der Waals surface area contributed by atoms with E-state index in [1.807, 2.05) is 0 Å². The first-order valence-corrected chi connectivity index (χ1v) is 8.17. The quantitative estimate of drug-likeness (QED) is 0.840. The fourth-order valence-electron chi connectivity index (χ4n) is 1.88. The molecule has 2 N–H and O–H groups in total. The first kappa shape index (κ1) is 15.0. The average Bonchev–Trinajstić information content (AvgIpc) is 2.82. The number of rotatable bonds is 6. The molecule has 1 unspecified atom stereocenters. The lowest BCUT2D eigenvalue weighted by Crippen LogP contribution is -2.22. The summed E-state index contributed by atoms with van der Waals surface area (Å²) in [6.45, 7) is 11.7. The van der Waals surface area contributed by atoms with Crippen molar-refractivity contribution in [2.24, 2.45) is 5.92 Å². The number of aromatic nitrogens is 2. The van der Waals surface area contributed by atoms with Gasteiger partial charge in [-0.2, -0.15) is 4.98 Å². The average molecular weight is 292 g/mol. The Labute approximate surface area is 125 Å². The van der Waals surface area contributed by atoms with E-state index in [-0.39, 0.29) is 0 Å². The summed E-state index contributed by atoms with van der Waals surface area (Å²) in [4.78, 5) is 11.6. The van der Waals surface area contributed by atoms with Crippen molar-refractivity contribution in [3.8, 4) is 0 Å². The maximum atomic E-state index is 4.63. The van der Waals surface area contributed by atoms with Crippen molar-refractivity contribution in [2.45, 2.75) is 47.1 Å². The van der Waals surface area contributed by atoms with Crippen molar-refractivity contribution < 1.29 is 0 Å². The van der Waals surface area contributed by atoms with Gasteiger partial charge in [-0.3, -0.25) is 0 Å². The number of aryl methyl sites for hydroxylation is 1. The maximum Gasteiger partial charge on any atom is 0.226 e. The van der Waals surface area contributed by atoms with Crippen LogP contribution in [0.5, 0.6) is 0 Å². The zero-order chi connectivity index (χ0) is 14.7. The van der Waals surface area contributed by atoms with E-state index in [0.29, 0.717) is 17.9 Å². The molecule has 20 heavy (non-hydrogen) atoms. The molecule has 2 aromatic rings. The molecular formula is C15H24N4S. The lowest BCUT2D eigenvalue weighted by atomic mass is 10.1. The third-order valence-electron chi connectivity index (χ3n) is 3.49. The molecule has 2 rings (SSSR count). The minimum atomic E-state index is 0.382. The van der Waals surface area contributed by atoms with E-state index in [4.69, 9.17) is 0 Å². The normalized spacial score (nSPS) is 12.9. The van der Waals surface area contributed by atoms with Crippen LogP contribution in [-0.2, 0) is 6.42 Å². The van der Waals surface area contributed by atoms with Gasteiger partial charge >= 0.3 is 0 Å². The number of nitrogens with one attached hydrogen (secondary N) is 2. The highest BCUT2D eigenvalue weighted by Gasteiger charge is 2.14. The zero-order valence-electron chi connectivity index (χ0n) is 12.9. The van der Waals surface area contributed by atoms with Gasteiger partial charge in [0.25, 0.3) is 0 Å². The second kappa shape index (κ2) is 6.39. The number of hydrogen-bond donors (Lipinski definition) is 2. The number of thiophene rings is 1. The molecule has 2 aromatic heterocycles. The molecule has 0 radical (unpaired) electrons. The Bertz CT molecular complexity index is 577. The molecule has 0 fully saturated rings. The molecule has 5 heteroatoms. The molecule has 4 nitrogen and oxygen atoms in total. The van der Waals surface area contributed by atoms with Gasteiger partial charge in [-0.25, -0.2) is 4.98 Å². The molecule has 0 spiro atoms. The summed E-state index contributed by atoms with van der Waals surface area (Å²) >= 11 is 1.76. The van der Waals surface area contributed by atoms with Gasteiger partial charge in [0.2, 0.25) is 5.95 Å². The minimum absolute atomic E-state index is 0.382. The van der Waals surface area contributed by atoms with Gasteiger partial charge in [0.1, 0.15) is 10.6 Å². The Balaban J connectivity index is 2.45. The molecule has 0 aromatic carbocycles. The summed E-state index contributed by atoms with van der Waals surface area (Å²) in [5, 5.41) is 7.89. The first-order chi connectivity index (χ1) is 9.55. The molecule has 1 atom stereocenters. The van der Waals surface area contributed by atoms with Crippen molar-refractivity contribution in [2.75, 3.05) is 17.2 Å². The van der Waals surface area contributed by atoms with Crippen LogP contribution in [0, 0.1) is 5.92 Å². The van der Waals surface area contributed by atoms with Gasteiger partial charge in [0.05, 0.1) is 5.39 Å². The van der Waals surface area contributed by atoms with E-state index in [1.165, 1.54) is 4.88 Å². The van der Waals surface area contributed by atoms with Gasteiger partial charge in [-0.15, -0.1) is 11.3 Å². The number of fused-ring (bicyclic) bond motifs is 1. The summed E-state index contributed by atoms with van der Waals surface area (Å²) in [5.41, 5.74) is 0. The van der Waals surface area contributed by atoms with Crippen LogP contribution in [0.2, 0.25) is 0 Å². The molecule has 0 aliphatic heterocycles.